The van der Waals surface area contributed by atoms with Gasteiger partial charge in [0.25, 0.3) is 5.97 Å². The first-order chi connectivity index (χ1) is 26.4. The maximum atomic E-state index is 9.00. The number of hydrogen-bond acceptors (Lipinski definition) is 3. The summed E-state index contributed by atoms with van der Waals surface area (Å²) >= 11 is 0. The monoisotopic (exact) mass is 752 g/mol. The summed E-state index contributed by atoms with van der Waals surface area (Å²) in [7, 11) is 0. The highest BCUT2D eigenvalue weighted by Gasteiger charge is 2.25. The van der Waals surface area contributed by atoms with Crippen LogP contribution in [-0.4, -0.2) is 34.7 Å². The molecule has 4 unspecified atom stereocenters. The molecule has 8 nitrogen and oxygen atoms in total. The molecule has 0 spiro atoms. The molecule has 0 saturated carbocycles. The summed E-state index contributed by atoms with van der Waals surface area (Å²) in [4.78, 5) is 17.6. The van der Waals surface area contributed by atoms with Crippen molar-refractivity contribution in [3.05, 3.63) is 56.2 Å². The van der Waals surface area contributed by atoms with Crippen LogP contribution in [0.25, 0.3) is 0 Å². The molecule has 0 aliphatic rings. The van der Waals surface area contributed by atoms with Crippen LogP contribution in [0.5, 0.6) is 0 Å². The van der Waals surface area contributed by atoms with Crippen molar-refractivity contribution in [2.75, 3.05) is 0 Å². The molecule has 0 amide bonds. The van der Waals surface area contributed by atoms with E-state index in [0.29, 0.717) is 12.1 Å². The molecule has 0 fully saturated rings. The van der Waals surface area contributed by atoms with Crippen molar-refractivity contribution in [1.82, 2.24) is 23.7 Å². The lowest BCUT2D eigenvalue weighted by atomic mass is 9.88. The molecule has 0 saturated heterocycles. The normalized spacial score (nSPS) is 13.6. The molecule has 0 aliphatic carbocycles. The summed E-state index contributed by atoms with van der Waals surface area (Å²) in [6.07, 6.45) is 53.0. The maximum Gasteiger partial charge on any atom is 0.300 e. The van der Waals surface area contributed by atoms with Crippen molar-refractivity contribution in [1.29, 1.82) is 0 Å². The Labute approximate surface area is 331 Å². The lowest BCUT2D eigenvalue weighted by Gasteiger charge is -2.24. The smallest absolute Gasteiger partial charge is 0.300 e. The Morgan fingerprint density at radius 3 is 1.80 bits per heavy atom. The van der Waals surface area contributed by atoms with E-state index in [1.807, 2.05) is 18.7 Å². The Morgan fingerprint density at radius 2 is 1.24 bits per heavy atom. The topological polar surface area (TPSA) is 81.8 Å². The molecule has 308 valence electrons. The van der Waals surface area contributed by atoms with Crippen molar-refractivity contribution < 1.29 is 14.5 Å². The van der Waals surface area contributed by atoms with E-state index in [9.17, 15) is 0 Å². The van der Waals surface area contributed by atoms with Crippen LogP contribution >= 0.6 is 0 Å². The fourth-order valence-electron chi connectivity index (χ4n) is 8.32. The number of aliphatic carboxylic acids is 1. The van der Waals surface area contributed by atoms with Gasteiger partial charge < -0.3 is 14.2 Å². The number of imidazole rings is 3. The molecule has 0 bridgehead atoms. The zero-order valence-electron chi connectivity index (χ0n) is 35.6. The number of aromatic nitrogens is 6. The minimum atomic E-state index is -0.833. The van der Waals surface area contributed by atoms with Crippen molar-refractivity contribution in [3.8, 4) is 0 Å². The molecule has 3 heterocycles. The lowest BCUT2D eigenvalue weighted by molar-refractivity contribution is -0.697. The predicted molar refractivity (Wildman–Crippen MR) is 226 cm³/mol. The van der Waals surface area contributed by atoms with Gasteiger partial charge in [0.15, 0.2) is 0 Å². The summed E-state index contributed by atoms with van der Waals surface area (Å²) in [5.41, 5.74) is 0. The van der Waals surface area contributed by atoms with Crippen LogP contribution in [0.2, 0.25) is 0 Å². The van der Waals surface area contributed by atoms with E-state index in [0.717, 1.165) is 31.8 Å². The quantitative estimate of drug-likeness (QED) is 0.0496. The van der Waals surface area contributed by atoms with E-state index in [-0.39, 0.29) is 0 Å². The molecule has 0 aromatic carbocycles. The van der Waals surface area contributed by atoms with Gasteiger partial charge in [-0.25, -0.2) is 19.1 Å². The summed E-state index contributed by atoms with van der Waals surface area (Å²) < 4.78 is 9.59. The first-order valence-corrected chi connectivity index (χ1v) is 22.6. The lowest BCUT2D eigenvalue weighted by Crippen LogP contribution is -2.31. The minimum Gasteiger partial charge on any atom is -0.481 e. The summed E-state index contributed by atoms with van der Waals surface area (Å²) in [5.74, 6) is 0.803. The highest BCUT2D eigenvalue weighted by atomic mass is 16.4. The summed E-state index contributed by atoms with van der Waals surface area (Å²) in [5, 5.41) is 7.42. The molecule has 0 aliphatic heterocycles. The number of aryl methyl sites for hydroxylation is 2. The first kappa shape index (κ1) is 47.3. The highest BCUT2D eigenvalue weighted by molar-refractivity contribution is 5.62. The van der Waals surface area contributed by atoms with Gasteiger partial charge in [0.1, 0.15) is 18.4 Å². The number of unbranched alkanes of at least 4 members (excludes halogenated alkanes) is 14. The van der Waals surface area contributed by atoms with Gasteiger partial charge in [0.2, 0.25) is 6.33 Å². The van der Waals surface area contributed by atoms with Gasteiger partial charge in [-0.05, 0) is 63.2 Å². The zero-order chi connectivity index (χ0) is 39.1. The van der Waals surface area contributed by atoms with Gasteiger partial charge in [-0.2, -0.15) is 0 Å². The van der Waals surface area contributed by atoms with Gasteiger partial charge >= 0.3 is 0 Å². The maximum absolute atomic E-state index is 9.00. The second-order valence-electron chi connectivity index (χ2n) is 16.1. The third-order valence-corrected chi connectivity index (χ3v) is 11.6. The molecule has 0 radical (unpaired) electrons. The molecule has 8 heteroatoms. The van der Waals surface area contributed by atoms with E-state index in [4.69, 9.17) is 9.90 Å². The molecule has 3 rings (SSSR count). The van der Waals surface area contributed by atoms with Gasteiger partial charge in [-0.3, -0.25) is 4.79 Å². The fraction of sp³-hybridized carbons (Fsp3) is 0.783. The van der Waals surface area contributed by atoms with Crippen molar-refractivity contribution >= 4 is 5.97 Å². The molecule has 3 aromatic heterocycles. The largest absolute Gasteiger partial charge is 0.481 e. The number of carboxylic acids is 1. The van der Waals surface area contributed by atoms with Crippen LogP contribution in [0.15, 0.2) is 56.2 Å². The van der Waals surface area contributed by atoms with Crippen LogP contribution in [-0.2, 0) is 17.9 Å². The van der Waals surface area contributed by atoms with Crippen molar-refractivity contribution in [3.63, 3.8) is 0 Å². The first-order valence-electron chi connectivity index (χ1n) is 22.6. The van der Waals surface area contributed by atoms with Crippen LogP contribution in [0.3, 0.4) is 0 Å². The Kier molecular flexibility index (Phi) is 27.4. The standard InChI is InChI=1S/C44H79N6.C2H4O2/c1-5-9-31-48-35-36-50(40-48)44(42(8-4)25-6-2)28-23-19-15-14-17-21-26-41(7-3)37-43(49-34-30-46-39-49)27-22-18-13-11-10-12-16-20-24-32-47-33-29-45-38-47;1-2(3)4/h29-30,33-36,38-44H,5-28,31-32,37H2,1-4H3;1H3,(H,3,4)/q+1;. The van der Waals surface area contributed by atoms with Gasteiger partial charge in [-0.15, -0.1) is 0 Å². The molecule has 54 heavy (non-hydrogen) atoms. The van der Waals surface area contributed by atoms with E-state index < -0.39 is 5.97 Å². The Hall–Kier alpha value is -2.90. The van der Waals surface area contributed by atoms with Crippen LogP contribution in [0, 0.1) is 11.8 Å². The van der Waals surface area contributed by atoms with E-state index in [1.54, 1.807) is 0 Å². The van der Waals surface area contributed by atoms with Gasteiger partial charge in [0.05, 0.1) is 19.2 Å². The van der Waals surface area contributed by atoms with Crippen LogP contribution in [0.4, 0.5) is 0 Å². The highest BCUT2D eigenvalue weighted by Crippen LogP contribution is 2.32. The van der Waals surface area contributed by atoms with Crippen molar-refractivity contribution in [2.45, 2.75) is 220 Å². The number of carbonyl (C=O) groups is 1. The Balaban J connectivity index is 0.00000239. The van der Waals surface area contributed by atoms with Gasteiger partial charge in [0, 0.05) is 44.3 Å². The number of hydrogen-bond donors (Lipinski definition) is 1. The summed E-state index contributed by atoms with van der Waals surface area (Å²) in [6, 6.07) is 1.28. The third kappa shape index (κ3) is 21.9. The van der Waals surface area contributed by atoms with Crippen molar-refractivity contribution in [2.24, 2.45) is 11.8 Å². The molecule has 1 N–H and O–H groups in total. The third-order valence-electron chi connectivity index (χ3n) is 11.6. The van der Waals surface area contributed by atoms with E-state index in [2.05, 4.69) is 93.4 Å². The Morgan fingerprint density at radius 1 is 0.648 bits per heavy atom. The predicted octanol–water partition coefficient (Wildman–Crippen LogP) is 12.8. The molecular formula is C46H83N6O2+. The fourth-order valence-corrected chi connectivity index (χ4v) is 8.32. The average Bonchev–Trinajstić information content (AvgIpc) is 3.98. The molecular weight excluding hydrogens is 669 g/mol. The van der Waals surface area contributed by atoms with E-state index in [1.165, 1.54) is 161 Å². The minimum absolute atomic E-state index is 0.618. The molecule has 4 atom stereocenters. The summed E-state index contributed by atoms with van der Waals surface area (Å²) in [6.45, 7) is 12.8. The second-order valence-corrected chi connectivity index (χ2v) is 16.1. The molecule has 3 aromatic rings. The van der Waals surface area contributed by atoms with E-state index >= 15 is 0 Å². The second kappa shape index (κ2) is 31.3. The zero-order valence-corrected chi connectivity index (χ0v) is 35.6. The SMILES string of the molecule is CC(=O)O.CCCC[n+]1ccn(C(CCCCCCCCC(CC)CC(CCCCCCCCCCCn2ccnc2)n2ccnc2)C(CC)CCC)c1. The van der Waals surface area contributed by atoms with Gasteiger partial charge in [-0.1, -0.05) is 137 Å². The number of nitrogens with zero attached hydrogens (tertiary/aromatic N) is 6. The average molecular weight is 752 g/mol. The van der Waals surface area contributed by atoms with Crippen LogP contribution < -0.4 is 4.57 Å². The Bertz CT molecular complexity index is 1240. The number of carboxylic acid groups (broad SMARTS) is 1. The van der Waals surface area contributed by atoms with Crippen LogP contribution in [0.1, 0.15) is 207 Å². The number of rotatable bonds is 33.